The predicted octanol–water partition coefficient (Wildman–Crippen LogP) is 9.07. The van der Waals surface area contributed by atoms with Gasteiger partial charge < -0.3 is 35.5 Å². The number of anilines is 3. The first-order valence-corrected chi connectivity index (χ1v) is 24.4. The van der Waals surface area contributed by atoms with Crippen molar-refractivity contribution < 1.29 is 33.8 Å². The van der Waals surface area contributed by atoms with Crippen molar-refractivity contribution >= 4 is 40.7 Å². The second-order valence-electron chi connectivity index (χ2n) is 19.4. The summed E-state index contributed by atoms with van der Waals surface area (Å²) in [6.07, 6.45) is 8.12. The Morgan fingerprint density at radius 3 is 1.31 bits per heavy atom. The number of hydrogen-bond donors (Lipinski definition) is 4. The van der Waals surface area contributed by atoms with E-state index in [0.29, 0.717) is 88.9 Å². The van der Waals surface area contributed by atoms with Gasteiger partial charge in [0.2, 0.25) is 23.6 Å². The molecule has 3 unspecified atom stereocenters. The van der Waals surface area contributed by atoms with Gasteiger partial charge in [-0.2, -0.15) is 0 Å². The van der Waals surface area contributed by atoms with Gasteiger partial charge in [0, 0.05) is 43.2 Å². The highest BCUT2D eigenvalue weighted by Gasteiger charge is 2.50. The molecule has 2 heterocycles. The molecule has 2 saturated carbocycles. The molecule has 2 aliphatic heterocycles. The Balaban J connectivity index is 0.839. The molecule has 68 heavy (non-hydrogen) atoms. The molecule has 2 saturated heterocycles. The number of amides is 4. The van der Waals surface area contributed by atoms with Crippen LogP contribution in [0.15, 0.2) is 133 Å². The van der Waals surface area contributed by atoms with Crippen LogP contribution in [0.4, 0.5) is 21.5 Å². The van der Waals surface area contributed by atoms with E-state index in [2.05, 4.69) is 15.5 Å². The lowest BCUT2D eigenvalue weighted by Crippen LogP contribution is -2.50. The maximum Gasteiger partial charge on any atom is 0.247 e. The predicted molar refractivity (Wildman–Crippen MR) is 261 cm³/mol. The van der Waals surface area contributed by atoms with Crippen molar-refractivity contribution in [3.63, 3.8) is 0 Å². The summed E-state index contributed by atoms with van der Waals surface area (Å²) in [5, 5.41) is 29.5. The summed E-state index contributed by atoms with van der Waals surface area (Å²) in [6.45, 7) is 1.85. The van der Waals surface area contributed by atoms with Crippen LogP contribution in [0, 0.1) is 5.82 Å². The van der Waals surface area contributed by atoms with E-state index in [0.717, 1.165) is 53.6 Å². The Hall–Kier alpha value is -6.37. The monoisotopic (exact) mass is 919 g/mol. The molecule has 354 valence electrons. The molecule has 12 heteroatoms. The summed E-state index contributed by atoms with van der Waals surface area (Å²) in [5.41, 5.74) is 3.18. The number of nitrogens with zero attached hydrogens (tertiary/aromatic N) is 3. The Bertz CT molecular complexity index is 2370. The van der Waals surface area contributed by atoms with Crippen molar-refractivity contribution in [2.45, 2.75) is 125 Å². The van der Waals surface area contributed by atoms with Crippen LogP contribution in [0.25, 0.3) is 0 Å². The summed E-state index contributed by atoms with van der Waals surface area (Å²) < 4.78 is 14.1. The molecule has 0 radical (unpaired) electrons. The van der Waals surface area contributed by atoms with Gasteiger partial charge in [-0.05, 0) is 122 Å². The van der Waals surface area contributed by atoms with Crippen LogP contribution in [0.2, 0.25) is 0 Å². The number of carbonyl (C=O) groups excluding carboxylic acids is 4. The fourth-order valence-corrected chi connectivity index (χ4v) is 11.3. The summed E-state index contributed by atoms with van der Waals surface area (Å²) in [4.78, 5) is 61.7. The highest BCUT2D eigenvalue weighted by Crippen LogP contribution is 2.45. The van der Waals surface area contributed by atoms with E-state index in [1.165, 1.54) is 12.1 Å². The molecule has 5 aromatic carbocycles. The first kappa shape index (κ1) is 46.7. The molecule has 2 aliphatic carbocycles. The highest BCUT2D eigenvalue weighted by atomic mass is 19.1. The largest absolute Gasteiger partial charge is 0.389 e. The number of nitrogens with one attached hydrogen (secondary N) is 2. The quantitative estimate of drug-likeness (QED) is 0.0821. The molecule has 4 N–H and O–H groups in total. The number of likely N-dealkylation sites (tertiary alicyclic amines) is 2. The fourth-order valence-electron chi connectivity index (χ4n) is 11.3. The van der Waals surface area contributed by atoms with Gasteiger partial charge in [-0.3, -0.25) is 19.2 Å². The smallest absolute Gasteiger partial charge is 0.247 e. The van der Waals surface area contributed by atoms with Crippen molar-refractivity contribution in [2.75, 3.05) is 28.6 Å². The Morgan fingerprint density at radius 2 is 0.926 bits per heavy atom. The first-order valence-electron chi connectivity index (χ1n) is 24.4. The van der Waals surface area contributed by atoms with Crippen molar-refractivity contribution in [2.24, 2.45) is 0 Å². The molecule has 11 nitrogen and oxygen atoms in total. The molecule has 4 fully saturated rings. The van der Waals surface area contributed by atoms with Gasteiger partial charge in [0.15, 0.2) is 0 Å². The number of carbonyl (C=O) groups is 4. The van der Waals surface area contributed by atoms with Gasteiger partial charge in [0.25, 0.3) is 0 Å². The van der Waals surface area contributed by atoms with Crippen LogP contribution in [0.5, 0.6) is 0 Å². The number of rotatable bonds is 15. The first-order chi connectivity index (χ1) is 33.0. The topological polar surface area (TPSA) is 143 Å². The van der Waals surface area contributed by atoms with Crippen molar-refractivity contribution in [3.05, 3.63) is 162 Å². The molecule has 9 rings (SSSR count). The van der Waals surface area contributed by atoms with Gasteiger partial charge in [0.1, 0.15) is 17.9 Å². The van der Waals surface area contributed by atoms with Gasteiger partial charge >= 0.3 is 0 Å². The third-order valence-corrected chi connectivity index (χ3v) is 14.8. The number of aliphatic hydroxyl groups is 2. The standard InChI is InChI=1S/C56H62FN5O6/c57-43-23-29-46(30-24-43)60(37-39-19-25-44(26-20-39)58-51(63)47-17-11-35-61(47)53(65)49(41-13-3-1-4-14-41)55(67)31-7-8-32-55)38-40-21-27-45(28-22-40)59-52(64)48-18-12-36-62(48)54(66)50(42-15-5-2-6-16-42)56(68)33-9-10-34-56/h1-6,13-16,19-30,47-50,67-68H,7-12,17-18,31-38H2,(H,58,63)(H,59,64)/t47-,48?,49?,50?/m0/s1. The van der Waals surface area contributed by atoms with E-state index in [9.17, 15) is 33.8 Å². The van der Waals surface area contributed by atoms with Crippen LogP contribution >= 0.6 is 0 Å². The minimum atomic E-state index is -1.14. The number of hydrogen-bond acceptors (Lipinski definition) is 7. The summed E-state index contributed by atoms with van der Waals surface area (Å²) in [5.74, 6) is -2.72. The average molecular weight is 920 g/mol. The maximum absolute atomic E-state index is 14.3. The van der Waals surface area contributed by atoms with Gasteiger partial charge in [-0.25, -0.2) is 4.39 Å². The van der Waals surface area contributed by atoms with Gasteiger partial charge in [-0.1, -0.05) is 111 Å². The second kappa shape index (κ2) is 20.5. The molecule has 4 amide bonds. The van der Waals surface area contributed by atoms with Gasteiger partial charge in [-0.15, -0.1) is 0 Å². The lowest BCUT2D eigenvalue weighted by Gasteiger charge is -2.36. The van der Waals surface area contributed by atoms with E-state index in [1.54, 1.807) is 21.9 Å². The minimum absolute atomic E-state index is 0.202. The molecular formula is C56H62FN5O6. The molecule has 0 spiro atoms. The number of benzene rings is 5. The van der Waals surface area contributed by atoms with Crippen LogP contribution in [-0.4, -0.2) is 80.0 Å². The Kier molecular flexibility index (Phi) is 14.1. The van der Waals surface area contributed by atoms with Crippen molar-refractivity contribution in [1.82, 2.24) is 9.80 Å². The number of halogens is 1. The zero-order valence-electron chi connectivity index (χ0n) is 38.6. The normalized spacial score (nSPS) is 20.5. The minimum Gasteiger partial charge on any atom is -0.389 e. The lowest BCUT2D eigenvalue weighted by atomic mass is 9.79. The average Bonchev–Trinajstić information content (AvgIpc) is 4.20. The molecule has 0 bridgehead atoms. The Morgan fingerprint density at radius 1 is 0.544 bits per heavy atom. The van der Waals surface area contributed by atoms with Crippen LogP contribution in [-0.2, 0) is 32.3 Å². The maximum atomic E-state index is 14.3. The zero-order chi connectivity index (χ0) is 47.3. The summed E-state index contributed by atoms with van der Waals surface area (Å²) >= 11 is 0. The van der Waals surface area contributed by atoms with E-state index >= 15 is 0 Å². The molecule has 5 aromatic rings. The third kappa shape index (κ3) is 10.2. The van der Waals surface area contributed by atoms with E-state index in [4.69, 9.17) is 0 Å². The SMILES string of the molecule is O=C(Nc1ccc(CN(Cc2ccc(NC(=O)[C@@H]3CCCN3C(=O)C(c3ccccc3)C3(O)CCCC3)cc2)c2ccc(F)cc2)cc1)C1CCCN1C(=O)C(c1ccccc1)C1(O)CCCC1. The van der Waals surface area contributed by atoms with Crippen molar-refractivity contribution in [3.8, 4) is 0 Å². The molecular weight excluding hydrogens is 858 g/mol. The van der Waals surface area contributed by atoms with E-state index < -0.39 is 35.1 Å². The summed E-state index contributed by atoms with van der Waals surface area (Å²) in [7, 11) is 0. The molecule has 4 atom stereocenters. The van der Waals surface area contributed by atoms with Crippen LogP contribution in [0.3, 0.4) is 0 Å². The molecule has 4 aliphatic rings. The fraction of sp³-hybridized carbons (Fsp3) is 0.393. The second-order valence-corrected chi connectivity index (χ2v) is 19.4. The summed E-state index contributed by atoms with van der Waals surface area (Å²) in [6, 6.07) is 39.1. The van der Waals surface area contributed by atoms with Gasteiger partial charge in [0.05, 0.1) is 23.0 Å². The lowest BCUT2D eigenvalue weighted by molar-refractivity contribution is -0.144. The highest BCUT2D eigenvalue weighted by molar-refractivity contribution is 5.99. The third-order valence-electron chi connectivity index (χ3n) is 14.8. The van der Waals surface area contributed by atoms with E-state index in [1.807, 2.05) is 109 Å². The van der Waals surface area contributed by atoms with Crippen LogP contribution < -0.4 is 15.5 Å². The zero-order valence-corrected chi connectivity index (χ0v) is 38.6. The van der Waals surface area contributed by atoms with E-state index in [-0.39, 0.29) is 29.4 Å². The van der Waals surface area contributed by atoms with Crippen molar-refractivity contribution in [1.29, 1.82) is 0 Å². The Labute approximate surface area is 398 Å². The molecule has 0 aromatic heterocycles. The van der Waals surface area contributed by atoms with Crippen LogP contribution in [0.1, 0.15) is 111 Å².